The molecule has 2 aromatic rings. The van der Waals surface area contributed by atoms with Crippen LogP contribution in [0.15, 0.2) is 41.3 Å². The Hall–Kier alpha value is -1.19. The highest BCUT2D eigenvalue weighted by atomic mass is 32.2. The van der Waals surface area contributed by atoms with Gasteiger partial charge in [-0.05, 0) is 43.3 Å². The highest BCUT2D eigenvalue weighted by molar-refractivity contribution is 7.99. The van der Waals surface area contributed by atoms with Crippen LogP contribution >= 0.6 is 11.8 Å². The van der Waals surface area contributed by atoms with Crippen LogP contribution < -0.4 is 5.32 Å². The first kappa shape index (κ1) is 12.3. The molecule has 0 aliphatic carbocycles. The largest absolute Gasteiger partial charge is 0.507 e. The fourth-order valence-electron chi connectivity index (χ4n) is 1.81. The maximum Gasteiger partial charge on any atom is 0.123 e. The van der Waals surface area contributed by atoms with E-state index in [1.165, 1.54) is 4.90 Å². The fraction of sp³-hybridized carbons (Fsp3) is 0.286. The lowest BCUT2D eigenvalue weighted by atomic mass is 10.1. The molecule has 0 fully saturated rings. The van der Waals surface area contributed by atoms with Crippen molar-refractivity contribution < 1.29 is 5.11 Å². The number of phenolic OH excluding ortho intramolecular Hbond substituents is 1. The molecule has 3 heteroatoms. The van der Waals surface area contributed by atoms with Gasteiger partial charge in [-0.1, -0.05) is 24.3 Å². The molecule has 0 spiro atoms. The molecule has 0 aliphatic rings. The van der Waals surface area contributed by atoms with Gasteiger partial charge in [-0.2, -0.15) is 0 Å². The van der Waals surface area contributed by atoms with Gasteiger partial charge in [0.05, 0.1) is 0 Å². The summed E-state index contributed by atoms with van der Waals surface area (Å²) < 4.78 is 0. The summed E-state index contributed by atoms with van der Waals surface area (Å²) in [7, 11) is 1.97. The molecule has 0 heterocycles. The Morgan fingerprint density at radius 2 is 1.88 bits per heavy atom. The molecule has 0 saturated carbocycles. The minimum absolute atomic E-state index is 0.361. The van der Waals surface area contributed by atoms with Crippen molar-refractivity contribution in [2.45, 2.75) is 11.3 Å². The van der Waals surface area contributed by atoms with Gasteiger partial charge in [0, 0.05) is 10.3 Å². The molecule has 2 aromatic carbocycles. The summed E-state index contributed by atoms with van der Waals surface area (Å²) >= 11 is 1.85. The van der Waals surface area contributed by atoms with Gasteiger partial charge >= 0.3 is 0 Å². The van der Waals surface area contributed by atoms with Crippen LogP contribution in [0.25, 0.3) is 10.8 Å². The first-order valence-corrected chi connectivity index (χ1v) is 6.79. The van der Waals surface area contributed by atoms with Crippen LogP contribution in [-0.4, -0.2) is 24.5 Å². The van der Waals surface area contributed by atoms with Gasteiger partial charge in [-0.3, -0.25) is 0 Å². The van der Waals surface area contributed by atoms with Crippen LogP contribution in [0.2, 0.25) is 0 Å². The zero-order chi connectivity index (χ0) is 12.1. The summed E-state index contributed by atoms with van der Waals surface area (Å²) in [6.45, 7) is 1.04. The van der Waals surface area contributed by atoms with Crippen molar-refractivity contribution in [3.05, 3.63) is 36.4 Å². The van der Waals surface area contributed by atoms with Gasteiger partial charge < -0.3 is 10.4 Å². The standard InChI is InChI=1S/C14H17NOS/c1-15-9-4-10-17-14-8-7-13(16)11-5-2-3-6-12(11)14/h2-3,5-8,15-16H,4,9-10H2,1H3. The molecule has 0 radical (unpaired) electrons. The van der Waals surface area contributed by atoms with E-state index in [1.54, 1.807) is 6.07 Å². The average Bonchev–Trinajstić information content (AvgIpc) is 2.37. The number of fused-ring (bicyclic) bond motifs is 1. The van der Waals surface area contributed by atoms with E-state index in [0.29, 0.717) is 5.75 Å². The lowest BCUT2D eigenvalue weighted by Crippen LogP contribution is -2.07. The van der Waals surface area contributed by atoms with E-state index in [-0.39, 0.29) is 0 Å². The number of benzene rings is 2. The Balaban J connectivity index is 2.20. The molecule has 0 aromatic heterocycles. The Morgan fingerprint density at radius 3 is 2.65 bits per heavy atom. The molecule has 0 saturated heterocycles. The number of hydrogen-bond donors (Lipinski definition) is 2. The topological polar surface area (TPSA) is 32.3 Å². The molecular weight excluding hydrogens is 230 g/mol. The predicted octanol–water partition coefficient (Wildman–Crippen LogP) is 3.25. The third-order valence-corrected chi connectivity index (χ3v) is 3.85. The van der Waals surface area contributed by atoms with E-state index in [0.717, 1.165) is 29.5 Å². The number of nitrogens with one attached hydrogen (secondary N) is 1. The summed E-state index contributed by atoms with van der Waals surface area (Å²) in [5, 5.41) is 15.0. The fourth-order valence-corrected chi connectivity index (χ4v) is 2.82. The summed E-state index contributed by atoms with van der Waals surface area (Å²) in [6, 6.07) is 11.8. The van der Waals surface area contributed by atoms with E-state index in [4.69, 9.17) is 0 Å². The summed E-state index contributed by atoms with van der Waals surface area (Å²) in [5.74, 6) is 1.45. The van der Waals surface area contributed by atoms with Crippen molar-refractivity contribution in [1.29, 1.82) is 0 Å². The van der Waals surface area contributed by atoms with Crippen LogP contribution in [0.3, 0.4) is 0 Å². The van der Waals surface area contributed by atoms with Gasteiger partial charge in [0.25, 0.3) is 0 Å². The van der Waals surface area contributed by atoms with E-state index >= 15 is 0 Å². The van der Waals surface area contributed by atoms with Crippen molar-refractivity contribution in [2.75, 3.05) is 19.3 Å². The molecule has 0 atom stereocenters. The highest BCUT2D eigenvalue weighted by Crippen LogP contribution is 2.33. The smallest absolute Gasteiger partial charge is 0.123 e. The van der Waals surface area contributed by atoms with Crippen LogP contribution in [0, 0.1) is 0 Å². The second-order valence-corrected chi connectivity index (χ2v) is 5.07. The first-order valence-electron chi connectivity index (χ1n) is 5.81. The SMILES string of the molecule is CNCCCSc1ccc(O)c2ccccc12. The van der Waals surface area contributed by atoms with E-state index in [2.05, 4.69) is 11.4 Å². The number of rotatable bonds is 5. The molecule has 2 rings (SSSR count). The number of thioether (sulfide) groups is 1. The van der Waals surface area contributed by atoms with Crippen molar-refractivity contribution in [2.24, 2.45) is 0 Å². The number of phenols is 1. The average molecular weight is 247 g/mol. The van der Waals surface area contributed by atoms with Gasteiger partial charge in [0.2, 0.25) is 0 Å². The van der Waals surface area contributed by atoms with Gasteiger partial charge in [0.15, 0.2) is 0 Å². The van der Waals surface area contributed by atoms with Crippen LogP contribution in [0.1, 0.15) is 6.42 Å². The molecule has 2 nitrogen and oxygen atoms in total. The van der Waals surface area contributed by atoms with Crippen LogP contribution in [0.4, 0.5) is 0 Å². The Morgan fingerprint density at radius 1 is 1.12 bits per heavy atom. The Kier molecular flexibility index (Phi) is 4.29. The van der Waals surface area contributed by atoms with Gasteiger partial charge in [-0.15, -0.1) is 11.8 Å². The number of aromatic hydroxyl groups is 1. The van der Waals surface area contributed by atoms with Gasteiger partial charge in [0.1, 0.15) is 5.75 Å². The lowest BCUT2D eigenvalue weighted by molar-refractivity contribution is 0.481. The Bertz CT molecular complexity index is 499. The molecule has 0 amide bonds. The maximum absolute atomic E-state index is 9.79. The minimum atomic E-state index is 0.361. The molecule has 17 heavy (non-hydrogen) atoms. The number of hydrogen-bond acceptors (Lipinski definition) is 3. The lowest BCUT2D eigenvalue weighted by Gasteiger charge is -2.07. The van der Waals surface area contributed by atoms with E-state index < -0.39 is 0 Å². The quantitative estimate of drug-likeness (QED) is 0.628. The van der Waals surface area contributed by atoms with Crippen LogP contribution in [0.5, 0.6) is 5.75 Å². The molecule has 0 aliphatic heterocycles. The maximum atomic E-state index is 9.79. The zero-order valence-corrected chi connectivity index (χ0v) is 10.8. The van der Waals surface area contributed by atoms with E-state index in [9.17, 15) is 5.11 Å². The molecular formula is C14H17NOS. The van der Waals surface area contributed by atoms with Crippen molar-refractivity contribution >= 4 is 22.5 Å². The third-order valence-electron chi connectivity index (χ3n) is 2.69. The highest BCUT2D eigenvalue weighted by Gasteiger charge is 2.04. The molecule has 90 valence electrons. The van der Waals surface area contributed by atoms with E-state index in [1.807, 2.05) is 43.1 Å². The second kappa shape index (κ2) is 5.94. The molecule has 2 N–H and O–H groups in total. The Labute approximate surface area is 106 Å². The first-order chi connectivity index (χ1) is 8.33. The van der Waals surface area contributed by atoms with Gasteiger partial charge in [-0.25, -0.2) is 0 Å². The normalized spacial score (nSPS) is 10.9. The molecule has 0 unspecified atom stereocenters. The second-order valence-electron chi connectivity index (χ2n) is 3.93. The summed E-state index contributed by atoms with van der Waals surface area (Å²) in [6.07, 6.45) is 1.15. The zero-order valence-electron chi connectivity index (χ0n) is 9.94. The monoisotopic (exact) mass is 247 g/mol. The van der Waals surface area contributed by atoms with Crippen molar-refractivity contribution in [1.82, 2.24) is 5.32 Å². The van der Waals surface area contributed by atoms with Crippen molar-refractivity contribution in [3.63, 3.8) is 0 Å². The third kappa shape index (κ3) is 2.93. The minimum Gasteiger partial charge on any atom is -0.507 e. The van der Waals surface area contributed by atoms with Crippen molar-refractivity contribution in [3.8, 4) is 5.75 Å². The van der Waals surface area contributed by atoms with Crippen LogP contribution in [-0.2, 0) is 0 Å². The summed E-state index contributed by atoms with van der Waals surface area (Å²) in [5.41, 5.74) is 0. The summed E-state index contributed by atoms with van der Waals surface area (Å²) in [4.78, 5) is 1.24. The predicted molar refractivity (Wildman–Crippen MR) is 74.9 cm³/mol. The molecule has 0 bridgehead atoms.